The third-order valence-electron chi connectivity index (χ3n) is 2.14. The van der Waals surface area contributed by atoms with Crippen LogP contribution in [0.1, 0.15) is 10.4 Å². The lowest BCUT2D eigenvalue weighted by atomic mass is 10.1. The molecule has 0 aliphatic rings. The van der Waals surface area contributed by atoms with Crippen LogP contribution in [-0.4, -0.2) is 20.9 Å². The second kappa shape index (κ2) is 2.73. The summed E-state index contributed by atoms with van der Waals surface area (Å²) in [6, 6.07) is 4.97. The molecule has 5 heteroatoms. The van der Waals surface area contributed by atoms with Crippen LogP contribution in [0.3, 0.4) is 0 Å². The number of aromatic nitrogens is 2. The molecule has 0 atom stereocenters. The summed E-state index contributed by atoms with van der Waals surface area (Å²) in [5.74, 6) is -0.740. The Kier molecular flexibility index (Phi) is 1.67. The fourth-order valence-electron chi connectivity index (χ4n) is 1.52. The molecule has 0 spiro atoms. The second-order valence-electron chi connectivity index (χ2n) is 3.01. The normalized spacial score (nSPS) is 10.6. The summed E-state index contributed by atoms with van der Waals surface area (Å²) in [7, 11) is 1.73. The predicted octanol–water partition coefficient (Wildman–Crippen LogP) is 0.854. The summed E-state index contributed by atoms with van der Waals surface area (Å²) in [6.45, 7) is 0. The number of carbonyl (C=O) groups is 1. The SMILES string of the molecule is Cn1nc(N)c2c(C(=O)O)cccc21. The molecule has 2 rings (SSSR count). The maximum atomic E-state index is 10.9. The highest BCUT2D eigenvalue weighted by molar-refractivity contribution is 6.07. The molecular formula is C9H9N3O2. The Morgan fingerprint density at radius 1 is 1.57 bits per heavy atom. The van der Waals surface area contributed by atoms with E-state index in [0.717, 1.165) is 5.52 Å². The largest absolute Gasteiger partial charge is 0.478 e. The van der Waals surface area contributed by atoms with E-state index < -0.39 is 5.97 Å². The first-order valence-electron chi connectivity index (χ1n) is 4.05. The van der Waals surface area contributed by atoms with Gasteiger partial charge in [-0.25, -0.2) is 4.79 Å². The van der Waals surface area contributed by atoms with Gasteiger partial charge in [-0.1, -0.05) is 6.07 Å². The number of nitrogen functional groups attached to an aromatic ring is 1. The second-order valence-corrected chi connectivity index (χ2v) is 3.01. The number of aryl methyl sites for hydroxylation is 1. The minimum Gasteiger partial charge on any atom is -0.478 e. The highest BCUT2D eigenvalue weighted by Gasteiger charge is 2.14. The fourth-order valence-corrected chi connectivity index (χ4v) is 1.52. The van der Waals surface area contributed by atoms with Gasteiger partial charge >= 0.3 is 5.97 Å². The molecule has 72 valence electrons. The van der Waals surface area contributed by atoms with E-state index in [2.05, 4.69) is 5.10 Å². The Morgan fingerprint density at radius 2 is 2.29 bits per heavy atom. The summed E-state index contributed by atoms with van der Waals surface area (Å²) in [4.78, 5) is 10.9. The molecule has 1 aromatic heterocycles. The molecule has 0 aliphatic carbocycles. The number of benzene rings is 1. The zero-order valence-corrected chi connectivity index (χ0v) is 7.56. The Labute approximate surface area is 79.7 Å². The van der Waals surface area contributed by atoms with E-state index in [4.69, 9.17) is 10.8 Å². The van der Waals surface area contributed by atoms with Crippen LogP contribution >= 0.6 is 0 Å². The fraction of sp³-hybridized carbons (Fsp3) is 0.111. The molecule has 0 aliphatic heterocycles. The van der Waals surface area contributed by atoms with Gasteiger partial charge in [0.1, 0.15) is 0 Å². The van der Waals surface area contributed by atoms with Gasteiger partial charge in [0.05, 0.1) is 16.5 Å². The van der Waals surface area contributed by atoms with Crippen LogP contribution in [0, 0.1) is 0 Å². The third kappa shape index (κ3) is 1.02. The number of nitrogens with zero attached hydrogens (tertiary/aromatic N) is 2. The molecule has 0 saturated carbocycles. The number of rotatable bonds is 1. The van der Waals surface area contributed by atoms with Crippen molar-refractivity contribution in [1.82, 2.24) is 9.78 Å². The van der Waals surface area contributed by atoms with E-state index in [1.54, 1.807) is 23.9 Å². The van der Waals surface area contributed by atoms with Crippen molar-refractivity contribution in [3.05, 3.63) is 23.8 Å². The van der Waals surface area contributed by atoms with Crippen LogP contribution in [0.4, 0.5) is 5.82 Å². The van der Waals surface area contributed by atoms with Crippen molar-refractivity contribution >= 4 is 22.7 Å². The smallest absolute Gasteiger partial charge is 0.336 e. The number of fused-ring (bicyclic) bond motifs is 1. The average Bonchev–Trinajstić information content (AvgIpc) is 2.43. The summed E-state index contributed by atoms with van der Waals surface area (Å²) in [5, 5.41) is 13.4. The maximum absolute atomic E-state index is 10.9. The molecule has 14 heavy (non-hydrogen) atoms. The summed E-state index contributed by atoms with van der Waals surface area (Å²) in [6.07, 6.45) is 0. The molecule has 1 heterocycles. The number of anilines is 1. The van der Waals surface area contributed by atoms with Gasteiger partial charge < -0.3 is 10.8 Å². The summed E-state index contributed by atoms with van der Waals surface area (Å²) < 4.78 is 1.57. The van der Waals surface area contributed by atoms with E-state index in [-0.39, 0.29) is 11.4 Å². The highest BCUT2D eigenvalue weighted by atomic mass is 16.4. The number of carboxylic acids is 1. The van der Waals surface area contributed by atoms with Crippen molar-refractivity contribution in [3.8, 4) is 0 Å². The Bertz CT molecular complexity index is 516. The van der Waals surface area contributed by atoms with Crippen molar-refractivity contribution in [2.75, 3.05) is 5.73 Å². The van der Waals surface area contributed by atoms with E-state index in [1.807, 2.05) is 0 Å². The molecule has 0 radical (unpaired) electrons. The molecule has 0 saturated heterocycles. The molecule has 0 amide bonds. The van der Waals surface area contributed by atoms with Crippen LogP contribution < -0.4 is 5.73 Å². The third-order valence-corrected chi connectivity index (χ3v) is 2.14. The lowest BCUT2D eigenvalue weighted by molar-refractivity contribution is 0.0699. The Hall–Kier alpha value is -2.04. The molecule has 0 unspecified atom stereocenters. The van der Waals surface area contributed by atoms with E-state index in [1.165, 1.54) is 6.07 Å². The molecule has 2 aromatic rings. The van der Waals surface area contributed by atoms with E-state index in [0.29, 0.717) is 5.39 Å². The van der Waals surface area contributed by atoms with Gasteiger partial charge in [0.2, 0.25) is 0 Å². The number of nitrogens with two attached hydrogens (primary N) is 1. The predicted molar refractivity (Wildman–Crippen MR) is 52.1 cm³/mol. The quantitative estimate of drug-likeness (QED) is 0.700. The number of hydrogen-bond donors (Lipinski definition) is 2. The van der Waals surface area contributed by atoms with Crippen LogP contribution in [0.5, 0.6) is 0 Å². The average molecular weight is 191 g/mol. The van der Waals surface area contributed by atoms with Gasteiger partial charge in [0.15, 0.2) is 5.82 Å². The number of hydrogen-bond acceptors (Lipinski definition) is 3. The van der Waals surface area contributed by atoms with E-state index >= 15 is 0 Å². The van der Waals surface area contributed by atoms with Crippen molar-refractivity contribution in [2.24, 2.45) is 7.05 Å². The lowest BCUT2D eigenvalue weighted by Gasteiger charge is -1.97. The van der Waals surface area contributed by atoms with Gasteiger partial charge in [-0.05, 0) is 12.1 Å². The lowest BCUT2D eigenvalue weighted by Crippen LogP contribution is -1.98. The monoisotopic (exact) mass is 191 g/mol. The van der Waals surface area contributed by atoms with Gasteiger partial charge in [0, 0.05) is 7.05 Å². The van der Waals surface area contributed by atoms with Crippen molar-refractivity contribution < 1.29 is 9.90 Å². The maximum Gasteiger partial charge on any atom is 0.336 e. The van der Waals surface area contributed by atoms with Crippen LogP contribution in [0.25, 0.3) is 10.9 Å². The van der Waals surface area contributed by atoms with Crippen molar-refractivity contribution in [1.29, 1.82) is 0 Å². The van der Waals surface area contributed by atoms with Crippen LogP contribution in [0.15, 0.2) is 18.2 Å². The molecular weight excluding hydrogens is 182 g/mol. The number of carboxylic acid groups (broad SMARTS) is 1. The van der Waals surface area contributed by atoms with Crippen LogP contribution in [0.2, 0.25) is 0 Å². The van der Waals surface area contributed by atoms with E-state index in [9.17, 15) is 4.79 Å². The van der Waals surface area contributed by atoms with Gasteiger partial charge in [0.25, 0.3) is 0 Å². The summed E-state index contributed by atoms with van der Waals surface area (Å²) >= 11 is 0. The first-order chi connectivity index (χ1) is 6.61. The van der Waals surface area contributed by atoms with Crippen molar-refractivity contribution in [2.45, 2.75) is 0 Å². The molecule has 1 aromatic carbocycles. The molecule has 3 N–H and O–H groups in total. The molecule has 5 nitrogen and oxygen atoms in total. The molecule has 0 fully saturated rings. The first kappa shape index (κ1) is 8.55. The Balaban J connectivity index is 2.92. The zero-order chi connectivity index (χ0) is 10.3. The first-order valence-corrected chi connectivity index (χ1v) is 4.05. The Morgan fingerprint density at radius 3 is 2.93 bits per heavy atom. The highest BCUT2D eigenvalue weighted by Crippen LogP contribution is 2.23. The van der Waals surface area contributed by atoms with Gasteiger partial charge in [-0.2, -0.15) is 5.10 Å². The van der Waals surface area contributed by atoms with Crippen LogP contribution in [-0.2, 0) is 7.05 Å². The van der Waals surface area contributed by atoms with Gasteiger partial charge in [-0.3, -0.25) is 4.68 Å². The topological polar surface area (TPSA) is 81.1 Å². The zero-order valence-electron chi connectivity index (χ0n) is 7.56. The standard InChI is InChI=1S/C9H9N3O2/c1-12-6-4-2-3-5(9(13)14)7(6)8(10)11-12/h2-4H,1H3,(H2,10,11)(H,13,14). The summed E-state index contributed by atoms with van der Waals surface area (Å²) in [5.41, 5.74) is 6.53. The minimum atomic E-state index is -0.990. The number of aromatic carboxylic acids is 1. The molecule has 0 bridgehead atoms. The van der Waals surface area contributed by atoms with Gasteiger partial charge in [-0.15, -0.1) is 0 Å². The minimum absolute atomic E-state index is 0.188. The van der Waals surface area contributed by atoms with Crippen molar-refractivity contribution in [3.63, 3.8) is 0 Å².